The molecule has 3 heteroatoms. The molecule has 0 aromatic carbocycles. The van der Waals surface area contributed by atoms with Gasteiger partial charge in [-0.1, -0.05) is 0 Å². The van der Waals surface area contributed by atoms with Crippen LogP contribution in [-0.4, -0.2) is 18.5 Å². The second-order valence-electron chi connectivity index (χ2n) is 3.03. The van der Waals surface area contributed by atoms with Gasteiger partial charge in [0.25, 0.3) is 0 Å². The molecule has 3 nitrogen and oxygen atoms in total. The monoisotopic (exact) mass is 155 g/mol. The molecule has 2 unspecified atom stereocenters. The van der Waals surface area contributed by atoms with Crippen molar-refractivity contribution in [1.82, 2.24) is 0 Å². The van der Waals surface area contributed by atoms with Crippen molar-refractivity contribution in [2.75, 3.05) is 6.61 Å². The van der Waals surface area contributed by atoms with Gasteiger partial charge in [-0.25, -0.2) is 0 Å². The van der Waals surface area contributed by atoms with E-state index < -0.39 is 5.79 Å². The average molecular weight is 155 g/mol. The van der Waals surface area contributed by atoms with E-state index in [9.17, 15) is 0 Å². The van der Waals surface area contributed by atoms with Gasteiger partial charge in [0.2, 0.25) is 0 Å². The fourth-order valence-corrected chi connectivity index (χ4v) is 1.20. The molecule has 0 spiro atoms. The van der Waals surface area contributed by atoms with Crippen LogP contribution in [0.15, 0.2) is 0 Å². The van der Waals surface area contributed by atoms with Gasteiger partial charge in [-0.05, 0) is 13.8 Å². The molecule has 0 bridgehead atoms. The number of ether oxygens (including phenoxy) is 2. The lowest BCUT2D eigenvalue weighted by Crippen LogP contribution is -2.25. The first-order chi connectivity index (χ1) is 5.16. The Morgan fingerprint density at radius 2 is 2.45 bits per heavy atom. The lowest BCUT2D eigenvalue weighted by Gasteiger charge is -2.21. The average Bonchev–Trinajstić information content (AvgIpc) is 2.28. The predicted molar refractivity (Wildman–Crippen MR) is 39.8 cm³/mol. The van der Waals surface area contributed by atoms with Crippen molar-refractivity contribution in [1.29, 1.82) is 5.26 Å². The summed E-state index contributed by atoms with van der Waals surface area (Å²) in [7, 11) is 0. The van der Waals surface area contributed by atoms with Crippen LogP contribution in [0.4, 0.5) is 0 Å². The Morgan fingerprint density at radius 3 is 2.91 bits per heavy atom. The second-order valence-corrected chi connectivity index (χ2v) is 3.03. The van der Waals surface area contributed by atoms with E-state index in [1.807, 2.05) is 13.8 Å². The van der Waals surface area contributed by atoms with Gasteiger partial charge in [0.1, 0.15) is 0 Å². The highest BCUT2D eigenvalue weighted by molar-refractivity contribution is 4.78. The zero-order valence-corrected chi connectivity index (χ0v) is 6.96. The summed E-state index contributed by atoms with van der Waals surface area (Å²) in [6.07, 6.45) is 1.32. The van der Waals surface area contributed by atoms with E-state index >= 15 is 0 Å². The molecule has 0 radical (unpaired) electrons. The highest BCUT2D eigenvalue weighted by Crippen LogP contribution is 2.27. The minimum atomic E-state index is -0.505. The van der Waals surface area contributed by atoms with Gasteiger partial charge in [0, 0.05) is 12.8 Å². The molecule has 0 aromatic rings. The van der Waals surface area contributed by atoms with Crippen LogP contribution in [0.25, 0.3) is 0 Å². The molecule has 1 aliphatic rings. The summed E-state index contributed by atoms with van der Waals surface area (Å²) in [6.45, 7) is 4.49. The number of hydrogen-bond acceptors (Lipinski definition) is 3. The van der Waals surface area contributed by atoms with Crippen LogP contribution in [-0.2, 0) is 9.47 Å². The minimum absolute atomic E-state index is 0.165. The summed E-state index contributed by atoms with van der Waals surface area (Å²) < 4.78 is 10.9. The summed E-state index contributed by atoms with van der Waals surface area (Å²) in [5.41, 5.74) is 0. The van der Waals surface area contributed by atoms with Crippen molar-refractivity contribution in [2.24, 2.45) is 0 Å². The molecular weight excluding hydrogens is 142 g/mol. The maximum absolute atomic E-state index is 8.35. The summed E-state index contributed by atoms with van der Waals surface area (Å²) in [5.74, 6) is -0.505. The Morgan fingerprint density at radius 1 is 1.73 bits per heavy atom. The number of hydrogen-bond donors (Lipinski definition) is 0. The smallest absolute Gasteiger partial charge is 0.167 e. The van der Waals surface area contributed by atoms with Crippen LogP contribution in [0, 0.1) is 11.3 Å². The third-order valence-electron chi connectivity index (χ3n) is 1.76. The molecule has 2 atom stereocenters. The maximum atomic E-state index is 8.35. The van der Waals surface area contributed by atoms with E-state index in [1.165, 1.54) is 0 Å². The third-order valence-corrected chi connectivity index (χ3v) is 1.76. The summed E-state index contributed by atoms with van der Waals surface area (Å²) in [5, 5.41) is 8.35. The Bertz CT molecular complexity index is 175. The van der Waals surface area contributed by atoms with E-state index in [0.29, 0.717) is 19.4 Å². The Hall–Kier alpha value is -0.590. The third kappa shape index (κ3) is 2.18. The largest absolute Gasteiger partial charge is 0.347 e. The Kier molecular flexibility index (Phi) is 2.48. The van der Waals surface area contributed by atoms with Crippen molar-refractivity contribution in [3.8, 4) is 6.07 Å². The Balaban J connectivity index is 2.37. The van der Waals surface area contributed by atoms with Crippen molar-refractivity contribution in [3.05, 3.63) is 0 Å². The van der Waals surface area contributed by atoms with Gasteiger partial charge in [-0.3, -0.25) is 0 Å². The van der Waals surface area contributed by atoms with Crippen LogP contribution < -0.4 is 0 Å². The van der Waals surface area contributed by atoms with Crippen LogP contribution in [0.5, 0.6) is 0 Å². The van der Waals surface area contributed by atoms with E-state index in [-0.39, 0.29) is 6.10 Å². The van der Waals surface area contributed by atoms with Gasteiger partial charge >= 0.3 is 0 Å². The first kappa shape index (κ1) is 8.51. The standard InChI is InChI=1S/C8H13NO2/c1-7-6-10-8(2,11-7)4-3-5-9/h7H,3-4,6H2,1-2H3. The molecule has 62 valence electrons. The summed E-state index contributed by atoms with van der Waals surface area (Å²) in [6, 6.07) is 2.07. The van der Waals surface area contributed by atoms with E-state index in [1.54, 1.807) is 0 Å². The number of nitriles is 1. The van der Waals surface area contributed by atoms with Gasteiger partial charge < -0.3 is 9.47 Å². The van der Waals surface area contributed by atoms with Crippen molar-refractivity contribution >= 4 is 0 Å². The van der Waals surface area contributed by atoms with Crippen LogP contribution in [0.3, 0.4) is 0 Å². The molecule has 0 N–H and O–H groups in total. The molecule has 1 saturated heterocycles. The number of rotatable bonds is 2. The van der Waals surface area contributed by atoms with Crippen molar-refractivity contribution in [2.45, 2.75) is 38.6 Å². The first-order valence-electron chi connectivity index (χ1n) is 3.85. The SMILES string of the molecule is CC1COC(C)(CCC#N)O1. The quantitative estimate of drug-likeness (QED) is 0.606. The normalized spacial score (nSPS) is 37.0. The molecule has 0 saturated carbocycles. The van der Waals surface area contributed by atoms with E-state index in [2.05, 4.69) is 6.07 Å². The second kappa shape index (κ2) is 3.21. The predicted octanol–water partition coefficient (Wildman–Crippen LogP) is 1.44. The van der Waals surface area contributed by atoms with E-state index in [4.69, 9.17) is 14.7 Å². The first-order valence-corrected chi connectivity index (χ1v) is 3.85. The fourth-order valence-electron chi connectivity index (χ4n) is 1.20. The van der Waals surface area contributed by atoms with Gasteiger partial charge in [0.15, 0.2) is 5.79 Å². The topological polar surface area (TPSA) is 42.2 Å². The fraction of sp³-hybridized carbons (Fsp3) is 0.875. The summed E-state index contributed by atoms with van der Waals surface area (Å²) in [4.78, 5) is 0. The van der Waals surface area contributed by atoms with Gasteiger partial charge in [-0.2, -0.15) is 5.26 Å². The molecule has 1 rings (SSSR count). The molecular formula is C8H13NO2. The van der Waals surface area contributed by atoms with Crippen LogP contribution in [0.1, 0.15) is 26.7 Å². The zero-order valence-electron chi connectivity index (χ0n) is 6.96. The molecule has 1 fully saturated rings. The minimum Gasteiger partial charge on any atom is -0.347 e. The van der Waals surface area contributed by atoms with Crippen molar-refractivity contribution in [3.63, 3.8) is 0 Å². The van der Waals surface area contributed by atoms with Crippen LogP contribution in [0.2, 0.25) is 0 Å². The Labute approximate surface area is 66.9 Å². The highest BCUT2D eigenvalue weighted by atomic mass is 16.7. The maximum Gasteiger partial charge on any atom is 0.167 e. The highest BCUT2D eigenvalue weighted by Gasteiger charge is 2.34. The van der Waals surface area contributed by atoms with E-state index in [0.717, 1.165) is 0 Å². The molecule has 1 aliphatic heterocycles. The lowest BCUT2D eigenvalue weighted by molar-refractivity contribution is -0.155. The molecule has 0 aromatic heterocycles. The van der Waals surface area contributed by atoms with Crippen molar-refractivity contribution < 1.29 is 9.47 Å². The molecule has 11 heavy (non-hydrogen) atoms. The zero-order chi connectivity index (χ0) is 8.32. The van der Waals surface area contributed by atoms with Gasteiger partial charge in [0.05, 0.1) is 18.8 Å². The lowest BCUT2D eigenvalue weighted by atomic mass is 10.2. The number of nitrogens with zero attached hydrogens (tertiary/aromatic N) is 1. The molecule has 1 heterocycles. The molecule has 0 aliphatic carbocycles. The molecule has 0 amide bonds. The summed E-state index contributed by atoms with van der Waals surface area (Å²) >= 11 is 0. The van der Waals surface area contributed by atoms with Crippen LogP contribution >= 0.6 is 0 Å². The van der Waals surface area contributed by atoms with Gasteiger partial charge in [-0.15, -0.1) is 0 Å².